The van der Waals surface area contributed by atoms with Crippen molar-refractivity contribution in [2.45, 2.75) is 6.54 Å². The minimum atomic E-state index is -0.704. The Labute approximate surface area is 180 Å². The predicted octanol–water partition coefficient (Wildman–Crippen LogP) is 3.88. The van der Waals surface area contributed by atoms with Crippen LogP contribution in [-0.4, -0.2) is 21.6 Å². The summed E-state index contributed by atoms with van der Waals surface area (Å²) < 4.78 is 1.39. The number of hydrogen-bond donors (Lipinski definition) is 1. The highest BCUT2D eigenvalue weighted by Crippen LogP contribution is 2.24. The number of nitro benzene ring substituents is 1. The van der Waals surface area contributed by atoms with Crippen molar-refractivity contribution in [1.82, 2.24) is 9.99 Å². The Balaban J connectivity index is 1.73. The maximum absolute atomic E-state index is 12.6. The highest BCUT2D eigenvalue weighted by molar-refractivity contribution is 6.32. The first-order valence-corrected chi connectivity index (χ1v) is 9.32. The van der Waals surface area contributed by atoms with E-state index in [1.807, 2.05) is 0 Å². The van der Waals surface area contributed by atoms with E-state index in [4.69, 9.17) is 23.2 Å². The first-order chi connectivity index (χ1) is 14.3. The normalized spacial score (nSPS) is 10.9. The van der Waals surface area contributed by atoms with Gasteiger partial charge in [0.15, 0.2) is 0 Å². The number of amides is 1. The molecule has 1 aromatic heterocycles. The second-order valence-corrected chi connectivity index (χ2v) is 6.99. The molecule has 0 aliphatic carbocycles. The van der Waals surface area contributed by atoms with E-state index in [1.165, 1.54) is 35.0 Å². The van der Waals surface area contributed by atoms with Crippen molar-refractivity contribution in [3.8, 4) is 0 Å². The molecule has 0 aliphatic rings. The molecule has 1 amide bonds. The SMILES string of the molecule is O=C(N/N=C\c1ccc(Cl)c([N+](=O)[O-])c1)c1cccn(Cc2ccc(Cl)cc2)c1=O. The van der Waals surface area contributed by atoms with Crippen LogP contribution < -0.4 is 11.0 Å². The lowest BCUT2D eigenvalue weighted by Crippen LogP contribution is -2.30. The first kappa shape index (κ1) is 21.2. The van der Waals surface area contributed by atoms with Crippen LogP contribution in [0, 0.1) is 10.1 Å². The molecule has 0 spiro atoms. The van der Waals surface area contributed by atoms with E-state index < -0.39 is 16.4 Å². The average Bonchev–Trinajstić information content (AvgIpc) is 2.72. The second-order valence-electron chi connectivity index (χ2n) is 6.15. The van der Waals surface area contributed by atoms with Gasteiger partial charge in [0.05, 0.1) is 17.7 Å². The third kappa shape index (κ3) is 5.11. The number of benzene rings is 2. The van der Waals surface area contributed by atoms with E-state index in [-0.39, 0.29) is 22.8 Å². The van der Waals surface area contributed by atoms with Gasteiger partial charge in [-0.1, -0.05) is 41.4 Å². The minimum Gasteiger partial charge on any atom is -0.310 e. The zero-order chi connectivity index (χ0) is 21.7. The van der Waals surface area contributed by atoms with Gasteiger partial charge in [0.2, 0.25) is 0 Å². The lowest BCUT2D eigenvalue weighted by Gasteiger charge is -2.08. The summed E-state index contributed by atoms with van der Waals surface area (Å²) in [6.45, 7) is 0.273. The summed E-state index contributed by atoms with van der Waals surface area (Å²) in [6.07, 6.45) is 2.79. The largest absolute Gasteiger partial charge is 0.310 e. The lowest BCUT2D eigenvalue weighted by atomic mass is 10.2. The zero-order valence-corrected chi connectivity index (χ0v) is 16.8. The summed E-state index contributed by atoms with van der Waals surface area (Å²) in [5, 5.41) is 15.3. The predicted molar refractivity (Wildman–Crippen MR) is 114 cm³/mol. The minimum absolute atomic E-state index is 0.00768. The van der Waals surface area contributed by atoms with Gasteiger partial charge in [-0.05, 0) is 35.9 Å². The number of hydrogen-bond acceptors (Lipinski definition) is 5. The molecule has 0 saturated heterocycles. The standard InChI is InChI=1S/C20H14Cl2N4O4/c21-15-6-3-13(4-7-15)12-25-9-1-2-16(20(25)28)19(27)24-23-11-14-5-8-17(22)18(10-14)26(29)30/h1-11H,12H2,(H,24,27)/b23-11-. The molecule has 0 bridgehead atoms. The molecule has 1 N–H and O–H groups in total. The molecule has 2 aromatic carbocycles. The van der Waals surface area contributed by atoms with Crippen LogP contribution in [0.3, 0.4) is 0 Å². The van der Waals surface area contributed by atoms with Gasteiger partial charge in [-0.15, -0.1) is 0 Å². The van der Waals surface area contributed by atoms with Crippen molar-refractivity contribution in [2.24, 2.45) is 5.10 Å². The summed E-state index contributed by atoms with van der Waals surface area (Å²) in [5.41, 5.74) is 2.60. The number of rotatable bonds is 6. The number of carbonyl (C=O) groups excluding carboxylic acids is 1. The van der Waals surface area contributed by atoms with E-state index in [0.29, 0.717) is 10.6 Å². The lowest BCUT2D eigenvalue weighted by molar-refractivity contribution is -0.384. The van der Waals surface area contributed by atoms with E-state index in [9.17, 15) is 19.7 Å². The molecule has 0 saturated carbocycles. The third-order valence-electron chi connectivity index (χ3n) is 4.08. The van der Waals surface area contributed by atoms with Gasteiger partial charge in [-0.2, -0.15) is 5.10 Å². The fraction of sp³-hybridized carbons (Fsp3) is 0.0500. The molecular weight excluding hydrogens is 431 g/mol. The highest BCUT2D eigenvalue weighted by Gasteiger charge is 2.13. The van der Waals surface area contributed by atoms with E-state index >= 15 is 0 Å². The number of carbonyl (C=O) groups is 1. The molecule has 8 nitrogen and oxygen atoms in total. The Morgan fingerprint density at radius 2 is 1.90 bits per heavy atom. The van der Waals surface area contributed by atoms with Crippen LogP contribution in [0.15, 0.2) is 70.7 Å². The number of aromatic nitrogens is 1. The second kappa shape index (κ2) is 9.34. The van der Waals surface area contributed by atoms with Gasteiger partial charge in [-0.25, -0.2) is 5.43 Å². The van der Waals surface area contributed by atoms with Gasteiger partial charge in [0.25, 0.3) is 17.2 Å². The molecule has 3 aromatic rings. The molecule has 1 heterocycles. The Morgan fingerprint density at radius 3 is 2.60 bits per heavy atom. The Hall–Kier alpha value is -3.49. The highest BCUT2D eigenvalue weighted by atomic mass is 35.5. The molecule has 10 heteroatoms. The monoisotopic (exact) mass is 444 g/mol. The van der Waals surface area contributed by atoms with Crippen molar-refractivity contribution in [3.63, 3.8) is 0 Å². The summed E-state index contributed by atoms with van der Waals surface area (Å²) in [6, 6.07) is 14.1. The Kier molecular flexibility index (Phi) is 6.61. The van der Waals surface area contributed by atoms with Gasteiger partial charge in [0, 0.05) is 22.8 Å². The maximum Gasteiger partial charge on any atom is 0.288 e. The van der Waals surface area contributed by atoms with Crippen molar-refractivity contribution >= 4 is 41.0 Å². The summed E-state index contributed by atoms with van der Waals surface area (Å²) in [5.74, 6) is -0.704. The van der Waals surface area contributed by atoms with Gasteiger partial charge in [0.1, 0.15) is 10.6 Å². The van der Waals surface area contributed by atoms with Crippen LogP contribution in [0.4, 0.5) is 5.69 Å². The molecule has 0 unspecified atom stereocenters. The third-order valence-corrected chi connectivity index (χ3v) is 4.65. The maximum atomic E-state index is 12.6. The Morgan fingerprint density at radius 1 is 1.17 bits per heavy atom. The molecular formula is C20H14Cl2N4O4. The topological polar surface area (TPSA) is 107 Å². The first-order valence-electron chi connectivity index (χ1n) is 8.56. The number of halogens is 2. The summed E-state index contributed by atoms with van der Waals surface area (Å²) in [7, 11) is 0. The molecule has 152 valence electrons. The molecule has 3 rings (SSSR count). The van der Waals surface area contributed by atoms with Crippen LogP contribution in [0.5, 0.6) is 0 Å². The van der Waals surface area contributed by atoms with E-state index in [0.717, 1.165) is 5.56 Å². The Bertz CT molecular complexity index is 1190. The van der Waals surface area contributed by atoms with Crippen molar-refractivity contribution < 1.29 is 9.72 Å². The van der Waals surface area contributed by atoms with Gasteiger partial charge in [-0.3, -0.25) is 19.7 Å². The average molecular weight is 445 g/mol. The summed E-state index contributed by atoms with van der Waals surface area (Å²) in [4.78, 5) is 35.3. The van der Waals surface area contributed by atoms with Crippen LogP contribution >= 0.6 is 23.2 Å². The quantitative estimate of drug-likeness (QED) is 0.353. The fourth-order valence-corrected chi connectivity index (χ4v) is 2.91. The molecule has 30 heavy (non-hydrogen) atoms. The van der Waals surface area contributed by atoms with Crippen molar-refractivity contribution in [2.75, 3.05) is 0 Å². The van der Waals surface area contributed by atoms with Gasteiger partial charge < -0.3 is 4.57 Å². The van der Waals surface area contributed by atoms with Crippen LogP contribution in [0.25, 0.3) is 0 Å². The van der Waals surface area contributed by atoms with Crippen LogP contribution in [0.2, 0.25) is 10.0 Å². The van der Waals surface area contributed by atoms with Crippen LogP contribution in [0.1, 0.15) is 21.5 Å². The van der Waals surface area contributed by atoms with Crippen LogP contribution in [-0.2, 0) is 6.54 Å². The number of hydrazone groups is 1. The number of nitro groups is 1. The van der Waals surface area contributed by atoms with Gasteiger partial charge >= 0.3 is 0 Å². The summed E-state index contributed by atoms with van der Waals surface area (Å²) >= 11 is 11.6. The number of pyridine rings is 1. The number of nitrogens with zero attached hydrogens (tertiary/aromatic N) is 3. The molecule has 0 fully saturated rings. The molecule has 0 radical (unpaired) electrons. The molecule has 0 aliphatic heterocycles. The van der Waals surface area contributed by atoms with Crippen molar-refractivity contribution in [1.29, 1.82) is 0 Å². The smallest absolute Gasteiger partial charge is 0.288 e. The van der Waals surface area contributed by atoms with E-state index in [1.54, 1.807) is 36.5 Å². The zero-order valence-electron chi connectivity index (χ0n) is 15.3. The van der Waals surface area contributed by atoms with Crippen molar-refractivity contribution in [3.05, 3.63) is 108 Å². The molecule has 0 atom stereocenters. The number of nitrogens with one attached hydrogen (secondary N) is 1. The van der Waals surface area contributed by atoms with E-state index in [2.05, 4.69) is 10.5 Å². The fourth-order valence-electron chi connectivity index (χ4n) is 2.60.